The zero-order valence-electron chi connectivity index (χ0n) is 8.28. The molecule has 0 saturated heterocycles. The van der Waals surface area contributed by atoms with Gasteiger partial charge >= 0.3 is 0 Å². The number of H-pyrrole nitrogens is 1. The lowest BCUT2D eigenvalue weighted by atomic mass is 10.2. The summed E-state index contributed by atoms with van der Waals surface area (Å²) in [4.78, 5) is 15.0. The fourth-order valence-corrected chi connectivity index (χ4v) is 1.88. The third-order valence-corrected chi connectivity index (χ3v) is 2.64. The first-order valence-electron chi connectivity index (χ1n) is 4.66. The fourth-order valence-electron chi connectivity index (χ4n) is 1.56. The maximum absolute atomic E-state index is 12.0. The number of aromatic amines is 1. The summed E-state index contributed by atoms with van der Waals surface area (Å²) in [6.45, 7) is 2.43. The zero-order chi connectivity index (χ0) is 11.0. The van der Waals surface area contributed by atoms with Crippen LogP contribution in [0.5, 0.6) is 0 Å². The molecule has 0 saturated carbocycles. The molecule has 15 heavy (non-hydrogen) atoms. The number of hydrogen-bond donors (Lipinski definition) is 2. The predicted molar refractivity (Wildman–Crippen MR) is 63.5 cm³/mol. The van der Waals surface area contributed by atoms with Gasteiger partial charge in [-0.2, -0.15) is 0 Å². The van der Waals surface area contributed by atoms with Gasteiger partial charge in [-0.15, -0.1) is 0 Å². The molecule has 2 rings (SSSR count). The second-order valence-electron chi connectivity index (χ2n) is 3.28. The van der Waals surface area contributed by atoms with Crippen LogP contribution in [-0.4, -0.2) is 9.55 Å². The summed E-state index contributed by atoms with van der Waals surface area (Å²) in [5.41, 5.74) is 6.84. The molecule has 0 atom stereocenters. The van der Waals surface area contributed by atoms with Gasteiger partial charge in [0, 0.05) is 12.2 Å². The van der Waals surface area contributed by atoms with Crippen molar-refractivity contribution >= 4 is 28.8 Å². The average molecular weight is 221 g/mol. The standard InChI is InChI=1S/C10H11N3OS/c1-2-13-9(14)7-5-6(11)3-4-8(7)12-10(13)15/h3-5H,2,11H2,1H3,(H,12,15). The molecular formula is C10H11N3OS. The number of anilines is 1. The summed E-state index contributed by atoms with van der Waals surface area (Å²) < 4.78 is 1.96. The van der Waals surface area contributed by atoms with E-state index in [2.05, 4.69) is 4.98 Å². The summed E-state index contributed by atoms with van der Waals surface area (Å²) in [5, 5.41) is 0.574. The Kier molecular flexibility index (Phi) is 2.32. The van der Waals surface area contributed by atoms with Crippen LogP contribution in [0.3, 0.4) is 0 Å². The number of hydrogen-bond acceptors (Lipinski definition) is 3. The average Bonchev–Trinajstić information content (AvgIpc) is 2.20. The van der Waals surface area contributed by atoms with Crippen molar-refractivity contribution in [1.29, 1.82) is 0 Å². The van der Waals surface area contributed by atoms with E-state index in [0.717, 1.165) is 5.52 Å². The highest BCUT2D eigenvalue weighted by molar-refractivity contribution is 7.71. The molecule has 0 fully saturated rings. The predicted octanol–water partition coefficient (Wildman–Crippen LogP) is 1.66. The molecular weight excluding hydrogens is 210 g/mol. The molecule has 0 spiro atoms. The van der Waals surface area contributed by atoms with Crippen molar-refractivity contribution < 1.29 is 0 Å². The molecule has 1 aromatic carbocycles. The number of nitrogens with two attached hydrogens (primary N) is 1. The van der Waals surface area contributed by atoms with Gasteiger partial charge in [0.25, 0.3) is 5.56 Å². The van der Waals surface area contributed by atoms with Gasteiger partial charge < -0.3 is 10.7 Å². The van der Waals surface area contributed by atoms with Crippen molar-refractivity contribution in [1.82, 2.24) is 9.55 Å². The number of aromatic nitrogens is 2. The third-order valence-electron chi connectivity index (χ3n) is 2.32. The number of rotatable bonds is 1. The Morgan fingerprint density at radius 1 is 1.53 bits per heavy atom. The highest BCUT2D eigenvalue weighted by Crippen LogP contribution is 2.11. The second kappa shape index (κ2) is 3.51. The largest absolute Gasteiger partial charge is 0.399 e. The molecule has 2 aromatic rings. The van der Waals surface area contributed by atoms with Crippen molar-refractivity contribution in [3.05, 3.63) is 33.3 Å². The van der Waals surface area contributed by atoms with Gasteiger partial charge in [0.2, 0.25) is 0 Å². The maximum Gasteiger partial charge on any atom is 0.262 e. The van der Waals surface area contributed by atoms with Crippen molar-refractivity contribution in [3.63, 3.8) is 0 Å². The maximum atomic E-state index is 12.0. The van der Waals surface area contributed by atoms with Crippen molar-refractivity contribution in [2.24, 2.45) is 0 Å². The Balaban J connectivity index is 2.99. The third kappa shape index (κ3) is 1.55. The van der Waals surface area contributed by atoms with Crippen LogP contribution < -0.4 is 11.3 Å². The second-order valence-corrected chi connectivity index (χ2v) is 3.67. The van der Waals surface area contributed by atoms with Gasteiger partial charge in [0.1, 0.15) is 0 Å². The molecule has 0 amide bonds. The first kappa shape index (κ1) is 9.92. The molecule has 4 nitrogen and oxygen atoms in total. The SMILES string of the molecule is CCn1c(=S)[nH]c2ccc(N)cc2c1=O. The van der Waals surface area contributed by atoms with Crippen LogP contribution in [0.15, 0.2) is 23.0 Å². The first-order chi connectivity index (χ1) is 7.13. The number of nitrogen functional groups attached to an aromatic ring is 1. The van der Waals surface area contributed by atoms with Crippen molar-refractivity contribution in [2.45, 2.75) is 13.5 Å². The molecule has 78 valence electrons. The van der Waals surface area contributed by atoms with E-state index in [4.69, 9.17) is 18.0 Å². The highest BCUT2D eigenvalue weighted by Gasteiger charge is 2.03. The smallest absolute Gasteiger partial charge is 0.262 e. The normalized spacial score (nSPS) is 10.7. The van der Waals surface area contributed by atoms with Crippen LogP contribution in [0.1, 0.15) is 6.92 Å². The summed E-state index contributed by atoms with van der Waals surface area (Å²) in [6.07, 6.45) is 0. The number of benzene rings is 1. The van der Waals surface area contributed by atoms with Crippen LogP contribution in [-0.2, 0) is 6.54 Å². The molecule has 0 bridgehead atoms. The van der Waals surface area contributed by atoms with Gasteiger partial charge in [-0.1, -0.05) is 0 Å². The summed E-state index contributed by atoms with van der Waals surface area (Å²) in [6, 6.07) is 5.17. The lowest BCUT2D eigenvalue weighted by molar-refractivity contribution is 0.705. The minimum Gasteiger partial charge on any atom is -0.399 e. The quantitative estimate of drug-likeness (QED) is 0.568. The monoisotopic (exact) mass is 221 g/mol. The Bertz CT molecular complexity index is 627. The molecule has 5 heteroatoms. The van der Waals surface area contributed by atoms with E-state index in [1.165, 1.54) is 4.57 Å². The zero-order valence-corrected chi connectivity index (χ0v) is 9.10. The topological polar surface area (TPSA) is 63.8 Å². The minimum atomic E-state index is -0.0939. The van der Waals surface area contributed by atoms with E-state index < -0.39 is 0 Å². The minimum absolute atomic E-state index is 0.0939. The highest BCUT2D eigenvalue weighted by atomic mass is 32.1. The Labute approximate surface area is 91.4 Å². The number of nitrogens with zero attached hydrogens (tertiary/aromatic N) is 1. The van der Waals surface area contributed by atoms with Crippen LogP contribution in [0.4, 0.5) is 5.69 Å². The lowest BCUT2D eigenvalue weighted by Crippen LogP contribution is -2.21. The van der Waals surface area contributed by atoms with E-state index in [9.17, 15) is 4.79 Å². The molecule has 1 aromatic heterocycles. The van der Waals surface area contributed by atoms with Gasteiger partial charge in [0.15, 0.2) is 4.77 Å². The first-order valence-corrected chi connectivity index (χ1v) is 5.06. The summed E-state index contributed by atoms with van der Waals surface area (Å²) in [7, 11) is 0. The van der Waals surface area contributed by atoms with Gasteiger partial charge in [-0.3, -0.25) is 9.36 Å². The number of fused-ring (bicyclic) bond motifs is 1. The van der Waals surface area contributed by atoms with E-state index in [-0.39, 0.29) is 5.56 Å². The lowest BCUT2D eigenvalue weighted by Gasteiger charge is -2.05. The van der Waals surface area contributed by atoms with Crippen LogP contribution in [0, 0.1) is 4.77 Å². The molecule has 0 radical (unpaired) electrons. The van der Waals surface area contributed by atoms with Gasteiger partial charge in [-0.05, 0) is 37.3 Å². The van der Waals surface area contributed by atoms with Crippen LogP contribution in [0.25, 0.3) is 10.9 Å². The van der Waals surface area contributed by atoms with Crippen molar-refractivity contribution in [3.8, 4) is 0 Å². The molecule has 0 aliphatic rings. The van der Waals surface area contributed by atoms with E-state index in [1.807, 2.05) is 6.92 Å². The van der Waals surface area contributed by atoms with Crippen molar-refractivity contribution in [2.75, 3.05) is 5.73 Å². The fraction of sp³-hybridized carbons (Fsp3) is 0.200. The van der Waals surface area contributed by atoms with E-state index in [0.29, 0.717) is 22.4 Å². The Morgan fingerprint density at radius 2 is 2.27 bits per heavy atom. The molecule has 0 aliphatic carbocycles. The van der Waals surface area contributed by atoms with Gasteiger partial charge in [-0.25, -0.2) is 0 Å². The van der Waals surface area contributed by atoms with Gasteiger partial charge in [0.05, 0.1) is 10.9 Å². The molecule has 0 aliphatic heterocycles. The van der Waals surface area contributed by atoms with Crippen LogP contribution in [0.2, 0.25) is 0 Å². The van der Waals surface area contributed by atoms with Crippen LogP contribution >= 0.6 is 12.2 Å². The Hall–Kier alpha value is -1.62. The summed E-state index contributed by atoms with van der Waals surface area (Å²) >= 11 is 5.08. The molecule has 3 N–H and O–H groups in total. The number of nitrogens with one attached hydrogen (secondary N) is 1. The summed E-state index contributed by atoms with van der Waals surface area (Å²) in [5.74, 6) is 0. The molecule has 1 heterocycles. The van der Waals surface area contributed by atoms with E-state index in [1.54, 1.807) is 18.2 Å². The Morgan fingerprint density at radius 3 is 2.93 bits per heavy atom. The molecule has 0 unspecified atom stereocenters. The van der Waals surface area contributed by atoms with E-state index >= 15 is 0 Å².